The van der Waals surface area contributed by atoms with E-state index in [0.29, 0.717) is 5.56 Å². The summed E-state index contributed by atoms with van der Waals surface area (Å²) in [6.07, 6.45) is 4.37. The van der Waals surface area contributed by atoms with Crippen molar-refractivity contribution < 1.29 is 9.59 Å². The molecule has 1 saturated carbocycles. The summed E-state index contributed by atoms with van der Waals surface area (Å²) in [5, 5.41) is 3.18. The summed E-state index contributed by atoms with van der Waals surface area (Å²) < 4.78 is 0. The number of rotatable bonds is 3. The number of carbonyl (C=O) groups is 2. The van der Waals surface area contributed by atoms with Crippen LogP contribution in [0.25, 0.3) is 0 Å². The molecule has 1 aliphatic carbocycles. The summed E-state index contributed by atoms with van der Waals surface area (Å²) in [5.74, 6) is -0.177. The predicted octanol–water partition coefficient (Wildman–Crippen LogP) is 4.06. The molecular weight excluding hydrogens is 324 g/mol. The minimum atomic E-state index is -0.596. The van der Waals surface area contributed by atoms with Gasteiger partial charge in [-0.1, -0.05) is 37.1 Å². The highest BCUT2D eigenvalue weighted by Crippen LogP contribution is 2.38. The number of anilines is 1. The molecule has 0 aromatic heterocycles. The van der Waals surface area contributed by atoms with Gasteiger partial charge in [0, 0.05) is 17.3 Å². The standard InChI is InChI=1S/C22H24N2O2/c1-14-11-12-17(13-15(14)2)24-20(21(25)23-16-7-3-4-8-16)18-9-5-6-10-19(18)22(24)26/h5-6,9-13,16,20H,3-4,7-8H2,1-2H3,(H,23,25). The van der Waals surface area contributed by atoms with Crippen molar-refractivity contribution in [3.05, 3.63) is 64.7 Å². The molecule has 1 N–H and O–H groups in total. The molecule has 0 bridgehead atoms. The second-order valence-corrected chi connectivity index (χ2v) is 7.42. The number of carbonyl (C=O) groups excluding carboxylic acids is 2. The molecule has 2 aromatic rings. The van der Waals surface area contributed by atoms with E-state index in [1.807, 2.05) is 56.3 Å². The van der Waals surface area contributed by atoms with E-state index in [1.54, 1.807) is 4.90 Å². The topological polar surface area (TPSA) is 49.4 Å². The fourth-order valence-electron chi connectivity index (χ4n) is 4.07. The fraction of sp³-hybridized carbons (Fsp3) is 0.364. The average Bonchev–Trinajstić information content (AvgIpc) is 3.24. The van der Waals surface area contributed by atoms with Crippen molar-refractivity contribution in [2.75, 3.05) is 4.90 Å². The van der Waals surface area contributed by atoms with Gasteiger partial charge >= 0.3 is 0 Å². The molecule has 1 unspecified atom stereocenters. The van der Waals surface area contributed by atoms with E-state index in [2.05, 4.69) is 5.32 Å². The van der Waals surface area contributed by atoms with E-state index in [-0.39, 0.29) is 17.9 Å². The summed E-state index contributed by atoms with van der Waals surface area (Å²) in [7, 11) is 0. The van der Waals surface area contributed by atoms with Crippen molar-refractivity contribution in [3.63, 3.8) is 0 Å². The summed E-state index contributed by atoms with van der Waals surface area (Å²) in [6.45, 7) is 4.07. The third-order valence-electron chi connectivity index (χ3n) is 5.68. The molecule has 1 heterocycles. The maximum atomic E-state index is 13.1. The summed E-state index contributed by atoms with van der Waals surface area (Å²) >= 11 is 0. The summed E-state index contributed by atoms with van der Waals surface area (Å²) in [5.41, 5.74) is 4.48. The van der Waals surface area contributed by atoms with E-state index in [9.17, 15) is 9.59 Å². The largest absolute Gasteiger partial charge is 0.351 e. The second-order valence-electron chi connectivity index (χ2n) is 7.42. The minimum Gasteiger partial charge on any atom is -0.351 e. The Morgan fingerprint density at radius 3 is 2.50 bits per heavy atom. The summed E-state index contributed by atoms with van der Waals surface area (Å²) in [6, 6.07) is 13.0. The van der Waals surface area contributed by atoms with Crippen LogP contribution in [0.15, 0.2) is 42.5 Å². The van der Waals surface area contributed by atoms with Gasteiger partial charge in [-0.3, -0.25) is 14.5 Å². The lowest BCUT2D eigenvalue weighted by Gasteiger charge is -2.26. The van der Waals surface area contributed by atoms with Crippen LogP contribution in [0.1, 0.15) is 58.8 Å². The van der Waals surface area contributed by atoms with E-state index in [4.69, 9.17) is 0 Å². The number of nitrogens with zero attached hydrogens (tertiary/aromatic N) is 1. The maximum absolute atomic E-state index is 13.1. The van der Waals surface area contributed by atoms with E-state index in [1.165, 1.54) is 5.56 Å². The molecule has 1 atom stereocenters. The first-order chi connectivity index (χ1) is 12.6. The highest BCUT2D eigenvalue weighted by molar-refractivity contribution is 6.15. The van der Waals surface area contributed by atoms with Crippen LogP contribution >= 0.6 is 0 Å². The molecule has 1 aliphatic heterocycles. The molecule has 1 fully saturated rings. The van der Waals surface area contributed by atoms with Crippen molar-refractivity contribution in [1.29, 1.82) is 0 Å². The number of fused-ring (bicyclic) bond motifs is 1. The van der Waals surface area contributed by atoms with E-state index < -0.39 is 6.04 Å². The normalized spacial score (nSPS) is 19.7. The first-order valence-electron chi connectivity index (χ1n) is 9.36. The smallest absolute Gasteiger partial charge is 0.259 e. The molecule has 4 heteroatoms. The molecule has 26 heavy (non-hydrogen) atoms. The Kier molecular flexibility index (Phi) is 4.27. The fourth-order valence-corrected chi connectivity index (χ4v) is 4.07. The van der Waals surface area contributed by atoms with Crippen molar-refractivity contribution in [2.24, 2.45) is 0 Å². The van der Waals surface area contributed by atoms with Crippen LogP contribution in [-0.2, 0) is 4.79 Å². The van der Waals surface area contributed by atoms with Gasteiger partial charge in [-0.25, -0.2) is 0 Å². The van der Waals surface area contributed by atoms with Gasteiger partial charge < -0.3 is 5.32 Å². The van der Waals surface area contributed by atoms with Crippen LogP contribution in [0.5, 0.6) is 0 Å². The highest BCUT2D eigenvalue weighted by Gasteiger charge is 2.42. The maximum Gasteiger partial charge on any atom is 0.259 e. The molecule has 2 aromatic carbocycles. The lowest BCUT2D eigenvalue weighted by Crippen LogP contribution is -2.42. The number of amides is 2. The third-order valence-corrected chi connectivity index (χ3v) is 5.68. The molecule has 2 aliphatic rings. The molecule has 4 nitrogen and oxygen atoms in total. The van der Waals surface area contributed by atoms with Crippen LogP contribution in [0.3, 0.4) is 0 Å². The monoisotopic (exact) mass is 348 g/mol. The zero-order valence-corrected chi connectivity index (χ0v) is 15.3. The Bertz CT molecular complexity index is 868. The molecule has 0 spiro atoms. The van der Waals surface area contributed by atoms with Crippen LogP contribution in [0.4, 0.5) is 5.69 Å². The van der Waals surface area contributed by atoms with Crippen molar-refractivity contribution >= 4 is 17.5 Å². The van der Waals surface area contributed by atoms with Gasteiger partial charge in [0.05, 0.1) is 0 Å². The number of hydrogen-bond acceptors (Lipinski definition) is 2. The van der Waals surface area contributed by atoms with Crippen molar-refractivity contribution in [3.8, 4) is 0 Å². The van der Waals surface area contributed by atoms with Gasteiger partial charge in [0.1, 0.15) is 6.04 Å². The van der Waals surface area contributed by atoms with Crippen LogP contribution < -0.4 is 10.2 Å². The van der Waals surface area contributed by atoms with Gasteiger partial charge in [-0.2, -0.15) is 0 Å². The lowest BCUT2D eigenvalue weighted by molar-refractivity contribution is -0.123. The Labute approximate surface area is 154 Å². The third kappa shape index (κ3) is 2.79. The molecule has 0 saturated heterocycles. The molecule has 0 radical (unpaired) electrons. The van der Waals surface area contributed by atoms with Crippen molar-refractivity contribution in [1.82, 2.24) is 5.32 Å². The van der Waals surface area contributed by atoms with Gasteiger partial charge in [0.2, 0.25) is 5.91 Å². The summed E-state index contributed by atoms with van der Waals surface area (Å²) in [4.78, 5) is 27.9. The Hall–Kier alpha value is -2.62. The van der Waals surface area contributed by atoms with Crippen LogP contribution in [-0.4, -0.2) is 17.9 Å². The van der Waals surface area contributed by atoms with Gasteiger partial charge in [-0.15, -0.1) is 0 Å². The number of benzene rings is 2. The van der Waals surface area contributed by atoms with Crippen molar-refractivity contribution in [2.45, 2.75) is 51.6 Å². The predicted molar refractivity (Wildman–Crippen MR) is 102 cm³/mol. The zero-order chi connectivity index (χ0) is 18.3. The first kappa shape index (κ1) is 16.8. The second kappa shape index (κ2) is 6.60. The molecule has 134 valence electrons. The first-order valence-corrected chi connectivity index (χ1v) is 9.36. The van der Waals surface area contributed by atoms with Gasteiger partial charge in [-0.05, 0) is 61.6 Å². The highest BCUT2D eigenvalue weighted by atomic mass is 16.2. The van der Waals surface area contributed by atoms with E-state index >= 15 is 0 Å². The number of nitrogens with one attached hydrogen (secondary N) is 1. The average molecular weight is 348 g/mol. The lowest BCUT2D eigenvalue weighted by atomic mass is 10.0. The van der Waals surface area contributed by atoms with Crippen LogP contribution in [0.2, 0.25) is 0 Å². The Balaban J connectivity index is 1.74. The van der Waals surface area contributed by atoms with Crippen LogP contribution in [0, 0.1) is 13.8 Å². The molecule has 2 amide bonds. The van der Waals surface area contributed by atoms with Gasteiger partial charge in [0.15, 0.2) is 0 Å². The molecular formula is C22H24N2O2. The SMILES string of the molecule is Cc1ccc(N2C(=O)c3ccccc3C2C(=O)NC2CCCC2)cc1C. The number of hydrogen-bond donors (Lipinski definition) is 1. The van der Waals surface area contributed by atoms with Gasteiger partial charge in [0.25, 0.3) is 5.91 Å². The minimum absolute atomic E-state index is 0.0755. The zero-order valence-electron chi connectivity index (χ0n) is 15.3. The Morgan fingerprint density at radius 2 is 1.77 bits per heavy atom. The molecule has 4 rings (SSSR count). The quantitative estimate of drug-likeness (QED) is 0.909. The van der Waals surface area contributed by atoms with E-state index in [0.717, 1.165) is 42.5 Å². The Morgan fingerprint density at radius 1 is 1.04 bits per heavy atom. The number of aryl methyl sites for hydroxylation is 2.